The van der Waals surface area contributed by atoms with Crippen LogP contribution in [0.4, 0.5) is 4.39 Å². The molecule has 0 radical (unpaired) electrons. The molecule has 0 bridgehead atoms. The number of halogens is 1. The van der Waals surface area contributed by atoms with Crippen LogP contribution in [0.1, 0.15) is 31.4 Å². The highest BCUT2D eigenvalue weighted by Crippen LogP contribution is 2.17. The number of carbonyl (C=O) groups excluding carboxylic acids is 1. The minimum Gasteiger partial charge on any atom is -0.303 e. The fourth-order valence-electron chi connectivity index (χ4n) is 1.61. The van der Waals surface area contributed by atoms with Crippen molar-refractivity contribution >= 4 is 6.29 Å². The Bertz CT molecular complexity index is 326. The zero-order valence-corrected chi connectivity index (χ0v) is 9.29. The largest absolute Gasteiger partial charge is 0.303 e. The Morgan fingerprint density at radius 2 is 2.00 bits per heavy atom. The number of carbonyl (C=O) groups is 1. The van der Waals surface area contributed by atoms with Crippen molar-refractivity contribution in [3.63, 3.8) is 0 Å². The average molecular weight is 208 g/mol. The van der Waals surface area contributed by atoms with Crippen LogP contribution in [0.3, 0.4) is 0 Å². The van der Waals surface area contributed by atoms with Gasteiger partial charge in [0.05, 0.1) is 0 Å². The predicted octanol–water partition coefficient (Wildman–Crippen LogP) is 3.11. The van der Waals surface area contributed by atoms with Gasteiger partial charge in [-0.25, -0.2) is 4.39 Å². The van der Waals surface area contributed by atoms with Crippen molar-refractivity contribution in [2.45, 2.75) is 38.8 Å². The molecule has 2 heteroatoms. The molecule has 1 aromatic carbocycles. The molecular weight excluding hydrogens is 191 g/mol. The number of rotatable bonds is 5. The molecule has 82 valence electrons. The summed E-state index contributed by atoms with van der Waals surface area (Å²) in [4.78, 5) is 10.2. The minimum absolute atomic E-state index is 0.419. The number of aldehydes is 1. The highest BCUT2D eigenvalue weighted by Gasteiger charge is 2.15. The van der Waals surface area contributed by atoms with Crippen LogP contribution < -0.4 is 0 Å². The molecule has 0 aromatic heterocycles. The van der Waals surface area contributed by atoms with E-state index in [1.54, 1.807) is 13.8 Å². The highest BCUT2D eigenvalue weighted by molar-refractivity contribution is 5.50. The second kappa shape index (κ2) is 5.06. The monoisotopic (exact) mass is 208 g/mol. The molecule has 0 amide bonds. The maximum absolute atomic E-state index is 13.4. The van der Waals surface area contributed by atoms with Crippen molar-refractivity contribution in [3.05, 3.63) is 35.4 Å². The SMILES string of the molecule is CC(C)(F)Cc1cccc(CCC=O)c1. The number of hydrogen-bond acceptors (Lipinski definition) is 1. The maximum Gasteiger partial charge on any atom is 0.120 e. The first-order valence-corrected chi connectivity index (χ1v) is 5.21. The summed E-state index contributed by atoms with van der Waals surface area (Å²) in [7, 11) is 0. The Morgan fingerprint density at radius 3 is 2.60 bits per heavy atom. The zero-order chi connectivity index (χ0) is 11.3. The Hall–Kier alpha value is -1.18. The quantitative estimate of drug-likeness (QED) is 0.679. The van der Waals surface area contributed by atoms with E-state index in [1.165, 1.54) is 0 Å². The molecule has 0 fully saturated rings. The molecule has 15 heavy (non-hydrogen) atoms. The van der Waals surface area contributed by atoms with Crippen molar-refractivity contribution in [1.29, 1.82) is 0 Å². The summed E-state index contributed by atoms with van der Waals surface area (Å²) in [6.45, 7) is 3.15. The average Bonchev–Trinajstić information content (AvgIpc) is 2.12. The van der Waals surface area contributed by atoms with E-state index in [4.69, 9.17) is 0 Å². The van der Waals surface area contributed by atoms with Gasteiger partial charge in [0.15, 0.2) is 0 Å². The van der Waals surface area contributed by atoms with E-state index in [2.05, 4.69) is 0 Å². The molecule has 0 aliphatic heterocycles. The second-order valence-electron chi connectivity index (χ2n) is 4.42. The molecule has 0 unspecified atom stereocenters. The molecule has 1 rings (SSSR count). The van der Waals surface area contributed by atoms with Gasteiger partial charge in [-0.1, -0.05) is 24.3 Å². The van der Waals surface area contributed by atoms with E-state index in [9.17, 15) is 9.18 Å². The molecular formula is C13H17FO. The van der Waals surface area contributed by atoms with Crippen molar-refractivity contribution < 1.29 is 9.18 Å². The Morgan fingerprint density at radius 1 is 1.33 bits per heavy atom. The normalized spacial score (nSPS) is 11.4. The third-order valence-electron chi connectivity index (χ3n) is 2.17. The number of hydrogen-bond donors (Lipinski definition) is 0. The Balaban J connectivity index is 2.69. The fourth-order valence-corrected chi connectivity index (χ4v) is 1.61. The first kappa shape index (κ1) is 11.9. The first-order valence-electron chi connectivity index (χ1n) is 5.21. The van der Waals surface area contributed by atoms with E-state index in [0.29, 0.717) is 12.8 Å². The third kappa shape index (κ3) is 4.73. The number of alkyl halides is 1. The molecule has 0 aliphatic rings. The number of aryl methyl sites for hydroxylation is 1. The Labute approximate surface area is 90.3 Å². The molecule has 0 spiro atoms. The van der Waals surface area contributed by atoms with E-state index in [-0.39, 0.29) is 0 Å². The topological polar surface area (TPSA) is 17.1 Å². The smallest absolute Gasteiger partial charge is 0.120 e. The van der Waals surface area contributed by atoms with Crippen molar-refractivity contribution in [2.75, 3.05) is 0 Å². The van der Waals surface area contributed by atoms with E-state index in [0.717, 1.165) is 23.8 Å². The van der Waals surface area contributed by atoms with Gasteiger partial charge in [-0.3, -0.25) is 0 Å². The molecule has 0 heterocycles. The van der Waals surface area contributed by atoms with Gasteiger partial charge in [0.25, 0.3) is 0 Å². The van der Waals surface area contributed by atoms with Gasteiger partial charge in [-0.05, 0) is 31.4 Å². The lowest BCUT2D eigenvalue weighted by Gasteiger charge is -2.14. The summed E-state index contributed by atoms with van der Waals surface area (Å²) in [5, 5.41) is 0. The Kier molecular flexibility index (Phi) is 4.01. The zero-order valence-electron chi connectivity index (χ0n) is 9.29. The molecule has 1 aromatic rings. The van der Waals surface area contributed by atoms with Gasteiger partial charge in [-0.15, -0.1) is 0 Å². The van der Waals surface area contributed by atoms with Crippen LogP contribution >= 0.6 is 0 Å². The van der Waals surface area contributed by atoms with Gasteiger partial charge >= 0.3 is 0 Å². The summed E-state index contributed by atoms with van der Waals surface area (Å²) in [5.41, 5.74) is 0.915. The van der Waals surface area contributed by atoms with Crippen molar-refractivity contribution in [3.8, 4) is 0 Å². The molecule has 0 N–H and O–H groups in total. The van der Waals surface area contributed by atoms with Crippen molar-refractivity contribution in [2.24, 2.45) is 0 Å². The molecule has 0 atom stereocenters. The van der Waals surface area contributed by atoms with Gasteiger partial charge in [0, 0.05) is 12.8 Å². The fraction of sp³-hybridized carbons (Fsp3) is 0.462. The van der Waals surface area contributed by atoms with E-state index >= 15 is 0 Å². The van der Waals surface area contributed by atoms with Crippen LogP contribution in [0.2, 0.25) is 0 Å². The van der Waals surface area contributed by atoms with Gasteiger partial charge in [-0.2, -0.15) is 0 Å². The lowest BCUT2D eigenvalue weighted by atomic mass is 9.98. The molecule has 0 aliphatic carbocycles. The van der Waals surface area contributed by atoms with Gasteiger partial charge < -0.3 is 4.79 Å². The summed E-state index contributed by atoms with van der Waals surface area (Å²) < 4.78 is 13.4. The second-order valence-corrected chi connectivity index (χ2v) is 4.42. The van der Waals surface area contributed by atoms with E-state index in [1.807, 2.05) is 24.3 Å². The molecule has 0 saturated heterocycles. The van der Waals surface area contributed by atoms with Crippen LogP contribution in [-0.2, 0) is 17.6 Å². The van der Waals surface area contributed by atoms with Crippen LogP contribution in [0.15, 0.2) is 24.3 Å². The molecule has 0 saturated carbocycles. The lowest BCUT2D eigenvalue weighted by Crippen LogP contribution is -2.15. The van der Waals surface area contributed by atoms with Crippen LogP contribution in [0.5, 0.6) is 0 Å². The van der Waals surface area contributed by atoms with Crippen LogP contribution in [0, 0.1) is 0 Å². The summed E-state index contributed by atoms with van der Waals surface area (Å²) in [5.74, 6) is 0. The van der Waals surface area contributed by atoms with Crippen molar-refractivity contribution in [1.82, 2.24) is 0 Å². The summed E-state index contributed by atoms with van der Waals surface area (Å²) >= 11 is 0. The lowest BCUT2D eigenvalue weighted by molar-refractivity contribution is -0.107. The highest BCUT2D eigenvalue weighted by atomic mass is 19.1. The summed E-state index contributed by atoms with van der Waals surface area (Å²) in [6.07, 6.45) is 2.60. The van der Waals surface area contributed by atoms with E-state index < -0.39 is 5.67 Å². The first-order chi connectivity index (χ1) is 7.01. The third-order valence-corrected chi connectivity index (χ3v) is 2.17. The van der Waals surface area contributed by atoms with Crippen LogP contribution in [0.25, 0.3) is 0 Å². The van der Waals surface area contributed by atoms with Gasteiger partial charge in [0.2, 0.25) is 0 Å². The predicted molar refractivity (Wildman–Crippen MR) is 59.7 cm³/mol. The number of benzene rings is 1. The summed E-state index contributed by atoms with van der Waals surface area (Å²) in [6, 6.07) is 7.79. The van der Waals surface area contributed by atoms with Gasteiger partial charge in [0.1, 0.15) is 12.0 Å². The molecule has 1 nitrogen and oxygen atoms in total. The van der Waals surface area contributed by atoms with Crippen LogP contribution in [-0.4, -0.2) is 12.0 Å². The standard InChI is InChI=1S/C13H17FO/c1-13(2,14)10-12-6-3-5-11(9-12)7-4-8-15/h3,5-6,8-9H,4,7,10H2,1-2H3. The minimum atomic E-state index is -1.18. The maximum atomic E-state index is 13.4.